The van der Waals surface area contributed by atoms with Crippen LogP contribution in [-0.4, -0.2) is 58.2 Å². The van der Waals surface area contributed by atoms with Crippen molar-refractivity contribution in [2.75, 3.05) is 25.6 Å². The fourth-order valence-corrected chi connectivity index (χ4v) is 9.30. The quantitative estimate of drug-likeness (QED) is 0.165. The minimum Gasteiger partial charge on any atom is -0.478 e. The Morgan fingerprint density at radius 3 is 2.44 bits per heavy atom. The summed E-state index contributed by atoms with van der Waals surface area (Å²) in [6.45, 7) is 13.2. The summed E-state index contributed by atoms with van der Waals surface area (Å²) in [6, 6.07) is 11.3. The summed E-state index contributed by atoms with van der Waals surface area (Å²) >= 11 is 3.32. The molecular weight excluding hydrogens is 665 g/mol. The van der Waals surface area contributed by atoms with E-state index in [-0.39, 0.29) is 16.8 Å². The molecule has 3 heterocycles. The zero-order valence-corrected chi connectivity index (χ0v) is 31.7. The van der Waals surface area contributed by atoms with Crippen LogP contribution in [-0.2, 0) is 22.0 Å². The van der Waals surface area contributed by atoms with Gasteiger partial charge < -0.3 is 14.7 Å². The van der Waals surface area contributed by atoms with Gasteiger partial charge in [-0.1, -0.05) is 62.9 Å². The average Bonchev–Trinajstić information content (AvgIpc) is 3.80. The van der Waals surface area contributed by atoms with Gasteiger partial charge in [-0.25, -0.2) is 9.59 Å². The molecule has 1 N–H and O–H groups in total. The maximum atomic E-state index is 12.7. The number of allylic oxidation sites excluding steroid dienone is 7. The van der Waals surface area contributed by atoms with E-state index in [4.69, 9.17) is 4.74 Å². The van der Waals surface area contributed by atoms with Gasteiger partial charge in [-0.3, -0.25) is 0 Å². The van der Waals surface area contributed by atoms with Crippen molar-refractivity contribution in [1.82, 2.24) is 10.2 Å². The van der Waals surface area contributed by atoms with Crippen molar-refractivity contribution in [3.05, 3.63) is 110 Å². The fraction of sp³-hybridized carbons (Fsp3) is 0.375. The molecule has 1 aliphatic carbocycles. The third-order valence-corrected chi connectivity index (χ3v) is 12.4. The lowest BCUT2D eigenvalue weighted by Gasteiger charge is -2.24. The number of rotatable bonds is 10. The van der Waals surface area contributed by atoms with Gasteiger partial charge in [0.2, 0.25) is 5.69 Å². The summed E-state index contributed by atoms with van der Waals surface area (Å²) < 4.78 is 8.58. The molecule has 0 bridgehead atoms. The van der Waals surface area contributed by atoms with E-state index < -0.39 is 5.97 Å². The number of aromatic carboxylic acids is 1. The van der Waals surface area contributed by atoms with Gasteiger partial charge in [0, 0.05) is 46.5 Å². The van der Waals surface area contributed by atoms with Crippen LogP contribution in [0.1, 0.15) is 97.7 Å². The van der Waals surface area contributed by atoms with Crippen LogP contribution >= 0.6 is 23.1 Å². The lowest BCUT2D eigenvalue weighted by molar-refractivity contribution is -0.401. The number of anilines is 1. The van der Waals surface area contributed by atoms with Gasteiger partial charge in [-0.2, -0.15) is 4.58 Å². The number of benzene rings is 2. The van der Waals surface area contributed by atoms with Crippen LogP contribution in [0, 0.1) is 0 Å². The van der Waals surface area contributed by atoms with E-state index in [9.17, 15) is 14.7 Å². The van der Waals surface area contributed by atoms with E-state index in [0.717, 1.165) is 68.9 Å². The van der Waals surface area contributed by atoms with Crippen LogP contribution in [0.5, 0.6) is 0 Å². The zero-order chi connectivity index (χ0) is 36.0. The number of aromatic nitrogens is 2. The number of carbonyl (C=O) groups is 2. The molecule has 2 aliphatic heterocycles. The number of ether oxygens (including phenoxy) is 1. The number of carbonyl (C=O) groups excluding carboxylic acids is 1. The van der Waals surface area contributed by atoms with Crippen molar-refractivity contribution in [3.63, 3.8) is 0 Å². The van der Waals surface area contributed by atoms with Crippen molar-refractivity contribution < 1.29 is 24.0 Å². The first-order valence-corrected chi connectivity index (χ1v) is 18.8. The molecule has 1 aromatic heterocycles. The average molecular weight is 710 g/mol. The maximum absolute atomic E-state index is 12.7. The van der Waals surface area contributed by atoms with Crippen molar-refractivity contribution in [2.24, 2.45) is 0 Å². The van der Waals surface area contributed by atoms with Crippen molar-refractivity contribution in [2.45, 2.75) is 82.4 Å². The predicted molar refractivity (Wildman–Crippen MR) is 202 cm³/mol. The normalized spacial score (nSPS) is 19.3. The van der Waals surface area contributed by atoms with Crippen molar-refractivity contribution >= 4 is 52.1 Å². The first-order chi connectivity index (χ1) is 23.8. The second-order valence-corrected chi connectivity index (χ2v) is 16.3. The second-order valence-electron chi connectivity index (χ2n) is 14.0. The van der Waals surface area contributed by atoms with Crippen LogP contribution in [0.15, 0.2) is 86.8 Å². The molecular formula is C40H45N4O4S2+. The highest BCUT2D eigenvalue weighted by Crippen LogP contribution is 2.49. The Balaban J connectivity index is 1.35. The SMILES string of the molecule is CCCOC(=O)c1ccc2c(c1)C(C)(C)C(/C=C/C1=C(Sc3nnc(CC)s3)C(=C/C=C3/N(C)c4ccc(C(=O)O)cc4C3(C)C)/CC1)=[N+]2C. The maximum Gasteiger partial charge on any atom is 0.338 e. The molecule has 0 amide bonds. The van der Waals surface area contributed by atoms with Crippen LogP contribution in [0.3, 0.4) is 0 Å². The first kappa shape index (κ1) is 35.5. The van der Waals surface area contributed by atoms with Crippen LogP contribution in [0.25, 0.3) is 0 Å². The number of carboxylic acids is 1. The largest absolute Gasteiger partial charge is 0.478 e. The number of aryl methyl sites for hydroxylation is 1. The predicted octanol–water partition coefficient (Wildman–Crippen LogP) is 9.01. The summed E-state index contributed by atoms with van der Waals surface area (Å²) in [6.07, 6.45) is 12.3. The van der Waals surface area contributed by atoms with Gasteiger partial charge in [-0.05, 0) is 92.6 Å². The lowest BCUT2D eigenvalue weighted by atomic mass is 9.80. The Labute approximate surface area is 303 Å². The Hall–Kier alpha value is -4.28. The molecule has 0 atom stereocenters. The number of esters is 1. The Bertz CT molecular complexity index is 2050. The highest BCUT2D eigenvalue weighted by Gasteiger charge is 2.43. The lowest BCUT2D eigenvalue weighted by Crippen LogP contribution is -2.26. The molecule has 3 aromatic rings. The second kappa shape index (κ2) is 13.8. The number of thioether (sulfide) groups is 1. The number of fused-ring (bicyclic) bond motifs is 2. The van der Waals surface area contributed by atoms with Crippen LogP contribution < -0.4 is 4.90 Å². The fourth-order valence-electron chi connectivity index (χ4n) is 7.23. The van der Waals surface area contributed by atoms with Gasteiger partial charge in [0.15, 0.2) is 10.1 Å². The number of likely N-dealkylation sites (N-methyl/N-ethyl adjacent to an activating group) is 1. The minimum atomic E-state index is -0.918. The van der Waals surface area contributed by atoms with Crippen LogP contribution in [0.2, 0.25) is 0 Å². The molecule has 3 aliphatic rings. The number of nitrogens with zero attached hydrogens (tertiary/aromatic N) is 4. The standard InChI is InChI=1S/C40H44N4O4S2/c1-9-21-48-37(47)27-14-18-31-29(23-27)40(5,6)33(44(31)8)20-16-25-12-11-24(35(25)50-38-42-41-34(10-2)49-38)15-19-32-39(3,4)28-22-26(36(45)46)13-17-30(28)43(32)7/h13-20,22-23H,9-12,21H2,1-8H3/p+1. The summed E-state index contributed by atoms with van der Waals surface area (Å²) in [5.41, 5.74) is 9.18. The molecule has 0 saturated carbocycles. The minimum absolute atomic E-state index is 0.284. The molecule has 0 radical (unpaired) electrons. The molecule has 260 valence electrons. The molecule has 0 spiro atoms. The molecule has 50 heavy (non-hydrogen) atoms. The molecule has 0 saturated heterocycles. The third kappa shape index (κ3) is 6.39. The van der Waals surface area contributed by atoms with E-state index in [1.165, 1.54) is 16.1 Å². The first-order valence-electron chi connectivity index (χ1n) is 17.1. The van der Waals surface area contributed by atoms with Crippen LogP contribution in [0.4, 0.5) is 11.4 Å². The topological polar surface area (TPSA) is 95.6 Å². The number of hydrogen-bond donors (Lipinski definition) is 1. The molecule has 0 fully saturated rings. The van der Waals surface area contributed by atoms with Gasteiger partial charge in [-0.15, -0.1) is 10.2 Å². The zero-order valence-electron chi connectivity index (χ0n) is 30.1. The molecule has 6 rings (SSSR count). The summed E-state index contributed by atoms with van der Waals surface area (Å²) in [5.74, 6) is -1.20. The van der Waals surface area contributed by atoms with E-state index in [1.807, 2.05) is 38.2 Å². The highest BCUT2D eigenvalue weighted by atomic mass is 32.2. The van der Waals surface area contributed by atoms with E-state index in [1.54, 1.807) is 35.2 Å². The van der Waals surface area contributed by atoms with Crippen molar-refractivity contribution in [1.29, 1.82) is 0 Å². The van der Waals surface area contributed by atoms with Gasteiger partial charge in [0.05, 0.1) is 23.1 Å². The summed E-state index contributed by atoms with van der Waals surface area (Å²) in [4.78, 5) is 27.8. The van der Waals surface area contributed by atoms with E-state index in [2.05, 4.69) is 85.6 Å². The summed E-state index contributed by atoms with van der Waals surface area (Å²) in [5, 5.41) is 19.5. The number of carboxylic acid groups (broad SMARTS) is 1. The Kier molecular flexibility index (Phi) is 9.81. The highest BCUT2D eigenvalue weighted by molar-refractivity contribution is 8.04. The third-order valence-electron chi connectivity index (χ3n) is 10.1. The van der Waals surface area contributed by atoms with E-state index >= 15 is 0 Å². The smallest absolute Gasteiger partial charge is 0.338 e. The van der Waals surface area contributed by atoms with Gasteiger partial charge in [0.25, 0.3) is 0 Å². The monoisotopic (exact) mass is 709 g/mol. The Morgan fingerprint density at radius 2 is 1.74 bits per heavy atom. The van der Waals surface area contributed by atoms with Gasteiger partial charge >= 0.3 is 11.9 Å². The van der Waals surface area contributed by atoms with Crippen molar-refractivity contribution in [3.8, 4) is 0 Å². The number of hydrogen-bond acceptors (Lipinski definition) is 8. The molecule has 8 nitrogen and oxygen atoms in total. The molecule has 2 aromatic carbocycles. The summed E-state index contributed by atoms with van der Waals surface area (Å²) in [7, 11) is 4.13. The van der Waals surface area contributed by atoms with Gasteiger partial charge in [0.1, 0.15) is 12.1 Å². The molecule has 10 heteroatoms. The Morgan fingerprint density at radius 1 is 1.00 bits per heavy atom. The van der Waals surface area contributed by atoms with E-state index in [0.29, 0.717) is 17.7 Å². The molecule has 0 unspecified atom stereocenters.